The summed E-state index contributed by atoms with van der Waals surface area (Å²) < 4.78 is 5.01. The molecule has 3 heteroatoms. The van der Waals surface area contributed by atoms with Crippen LogP contribution in [0.3, 0.4) is 0 Å². The summed E-state index contributed by atoms with van der Waals surface area (Å²) in [5.74, 6) is 0. The second-order valence-electron chi connectivity index (χ2n) is 14.5. The minimum atomic E-state index is 1.09. The SMILES string of the molecule is c1ccc(-c2ccc(N(c3ccc4c5ccccc5n(-c5ccccc5)c4c3)c3ccccc3-c3cccc4c3sc3ccccc34)cc2-c2ccccc2)cc1. The lowest BCUT2D eigenvalue weighted by atomic mass is 9.93. The van der Waals surface area contributed by atoms with E-state index in [0.29, 0.717) is 0 Å². The van der Waals surface area contributed by atoms with Crippen molar-refractivity contribution in [2.75, 3.05) is 4.90 Å². The molecule has 11 aromatic rings. The van der Waals surface area contributed by atoms with Crippen molar-refractivity contribution in [1.29, 1.82) is 0 Å². The van der Waals surface area contributed by atoms with Crippen LogP contribution in [-0.2, 0) is 0 Å². The Kier molecular flexibility index (Phi) is 8.04. The van der Waals surface area contributed by atoms with Gasteiger partial charge in [-0.05, 0) is 76.9 Å². The molecule has 2 nitrogen and oxygen atoms in total. The van der Waals surface area contributed by atoms with Gasteiger partial charge in [-0.2, -0.15) is 0 Å². The summed E-state index contributed by atoms with van der Waals surface area (Å²) in [6.45, 7) is 0. The highest BCUT2D eigenvalue weighted by Crippen LogP contribution is 2.48. The number of rotatable bonds is 7. The summed E-state index contributed by atoms with van der Waals surface area (Å²) >= 11 is 1.88. The van der Waals surface area contributed by atoms with Gasteiger partial charge in [0.2, 0.25) is 0 Å². The fourth-order valence-corrected chi connectivity index (χ4v) is 9.86. The van der Waals surface area contributed by atoms with E-state index >= 15 is 0 Å². The van der Waals surface area contributed by atoms with Gasteiger partial charge in [0.1, 0.15) is 0 Å². The largest absolute Gasteiger partial charge is 0.310 e. The van der Waals surface area contributed by atoms with Gasteiger partial charge < -0.3 is 9.47 Å². The van der Waals surface area contributed by atoms with Gasteiger partial charge in [-0.1, -0.05) is 164 Å². The third-order valence-electron chi connectivity index (χ3n) is 11.2. The number of thiophene rings is 1. The highest BCUT2D eigenvalue weighted by atomic mass is 32.1. The first-order valence-corrected chi connectivity index (χ1v) is 20.3. The summed E-state index contributed by atoms with van der Waals surface area (Å²) in [5.41, 5.74) is 14.0. The molecule has 0 saturated carbocycles. The van der Waals surface area contributed by atoms with Crippen LogP contribution in [0.2, 0.25) is 0 Å². The quantitative estimate of drug-likeness (QED) is 0.158. The molecule has 0 N–H and O–H groups in total. The molecule has 2 heterocycles. The molecule has 0 aliphatic rings. The van der Waals surface area contributed by atoms with Gasteiger partial charge in [0, 0.05) is 59.1 Å². The van der Waals surface area contributed by atoms with Crippen molar-refractivity contribution in [3.8, 4) is 39.1 Å². The molecule has 11 rings (SSSR count). The molecule has 57 heavy (non-hydrogen) atoms. The average Bonchev–Trinajstić information content (AvgIpc) is 3.83. The summed E-state index contributed by atoms with van der Waals surface area (Å²) in [6, 6.07) is 79.4. The predicted octanol–water partition coefficient (Wildman–Crippen LogP) is 15.6. The van der Waals surface area contributed by atoms with Crippen LogP contribution in [0.1, 0.15) is 0 Å². The number of para-hydroxylation sites is 3. The monoisotopic (exact) mass is 744 g/mol. The predicted molar refractivity (Wildman–Crippen MR) is 245 cm³/mol. The maximum atomic E-state index is 2.47. The van der Waals surface area contributed by atoms with Gasteiger partial charge in [-0.25, -0.2) is 0 Å². The van der Waals surface area contributed by atoms with Crippen LogP contribution < -0.4 is 4.90 Å². The highest BCUT2D eigenvalue weighted by Gasteiger charge is 2.23. The van der Waals surface area contributed by atoms with E-state index in [0.717, 1.165) is 28.3 Å². The summed E-state index contributed by atoms with van der Waals surface area (Å²) in [5, 5.41) is 5.06. The van der Waals surface area contributed by atoms with Crippen LogP contribution in [0, 0.1) is 0 Å². The highest BCUT2D eigenvalue weighted by molar-refractivity contribution is 7.26. The molecule has 0 amide bonds. The molecule has 0 radical (unpaired) electrons. The lowest BCUT2D eigenvalue weighted by molar-refractivity contribution is 1.18. The zero-order valence-corrected chi connectivity index (χ0v) is 31.9. The van der Waals surface area contributed by atoms with Crippen molar-refractivity contribution in [1.82, 2.24) is 4.57 Å². The zero-order valence-electron chi connectivity index (χ0n) is 31.1. The van der Waals surface area contributed by atoms with Crippen LogP contribution in [0.15, 0.2) is 218 Å². The second kappa shape index (κ2) is 13.8. The van der Waals surface area contributed by atoms with Gasteiger partial charge >= 0.3 is 0 Å². The van der Waals surface area contributed by atoms with Gasteiger partial charge in [0.25, 0.3) is 0 Å². The smallest absolute Gasteiger partial charge is 0.0561 e. The van der Waals surface area contributed by atoms with Crippen molar-refractivity contribution >= 4 is 70.4 Å². The number of anilines is 3. The van der Waals surface area contributed by atoms with Gasteiger partial charge in [0.15, 0.2) is 0 Å². The Balaban J connectivity index is 1.20. The topological polar surface area (TPSA) is 8.17 Å². The van der Waals surface area contributed by atoms with E-state index in [-0.39, 0.29) is 0 Å². The van der Waals surface area contributed by atoms with Crippen molar-refractivity contribution in [3.63, 3.8) is 0 Å². The summed E-state index contributed by atoms with van der Waals surface area (Å²) in [6.07, 6.45) is 0. The minimum absolute atomic E-state index is 1.09. The number of hydrogen-bond donors (Lipinski definition) is 0. The van der Waals surface area contributed by atoms with Gasteiger partial charge in [-0.3, -0.25) is 0 Å². The van der Waals surface area contributed by atoms with Crippen molar-refractivity contribution in [2.24, 2.45) is 0 Å². The standard InChI is InChI=1S/C54H36N2S/c1-4-17-37(18-5-1)42-33-31-40(35-49(42)38-19-6-2-7-20-38)55(41-32-34-45-43-23-10-14-29-51(43)56(52(45)36-41)39-21-8-3-9-22-39)50-28-13-11-24-44(50)47-26-16-27-48-46-25-12-15-30-53(46)57-54(47)48/h1-36H. The molecule has 0 bridgehead atoms. The summed E-state index contributed by atoms with van der Waals surface area (Å²) in [7, 11) is 0. The molecule has 268 valence electrons. The second-order valence-corrected chi connectivity index (χ2v) is 15.5. The van der Waals surface area contributed by atoms with E-state index in [1.54, 1.807) is 0 Å². The average molecular weight is 745 g/mol. The fourth-order valence-electron chi connectivity index (χ4n) is 8.63. The van der Waals surface area contributed by atoms with Crippen LogP contribution >= 0.6 is 11.3 Å². The van der Waals surface area contributed by atoms with Gasteiger partial charge in [0.05, 0.1) is 16.7 Å². The first-order valence-electron chi connectivity index (χ1n) is 19.4. The van der Waals surface area contributed by atoms with E-state index in [2.05, 4.69) is 228 Å². The Morgan fingerprint density at radius 2 is 0.930 bits per heavy atom. The Hall–Kier alpha value is -7.20. The Bertz CT molecular complexity index is 3230. The molecular formula is C54H36N2S. The Morgan fingerprint density at radius 3 is 1.74 bits per heavy atom. The Morgan fingerprint density at radius 1 is 0.351 bits per heavy atom. The van der Waals surface area contributed by atoms with Gasteiger partial charge in [-0.15, -0.1) is 11.3 Å². The lowest BCUT2D eigenvalue weighted by Gasteiger charge is -2.29. The van der Waals surface area contributed by atoms with E-state index < -0.39 is 0 Å². The molecule has 0 fully saturated rings. The maximum Gasteiger partial charge on any atom is 0.0561 e. The van der Waals surface area contributed by atoms with Crippen LogP contribution in [0.5, 0.6) is 0 Å². The molecular weight excluding hydrogens is 709 g/mol. The molecule has 2 aromatic heterocycles. The number of benzene rings is 9. The molecule has 9 aromatic carbocycles. The number of nitrogens with zero attached hydrogens (tertiary/aromatic N) is 2. The third kappa shape index (κ3) is 5.63. The van der Waals surface area contributed by atoms with E-state index in [9.17, 15) is 0 Å². The molecule has 0 unspecified atom stereocenters. The molecule has 0 aliphatic heterocycles. The van der Waals surface area contributed by atoms with E-state index in [4.69, 9.17) is 0 Å². The number of fused-ring (bicyclic) bond motifs is 6. The normalized spacial score (nSPS) is 11.5. The third-order valence-corrected chi connectivity index (χ3v) is 12.4. The van der Waals surface area contributed by atoms with E-state index in [1.165, 1.54) is 69.8 Å². The van der Waals surface area contributed by atoms with E-state index in [1.807, 2.05) is 11.3 Å². The van der Waals surface area contributed by atoms with Crippen LogP contribution in [0.25, 0.3) is 81.0 Å². The molecule has 0 saturated heterocycles. The van der Waals surface area contributed by atoms with Crippen molar-refractivity contribution in [3.05, 3.63) is 218 Å². The minimum Gasteiger partial charge on any atom is -0.310 e. The lowest BCUT2D eigenvalue weighted by Crippen LogP contribution is -2.12. The first-order chi connectivity index (χ1) is 28.3. The summed E-state index contributed by atoms with van der Waals surface area (Å²) in [4.78, 5) is 2.47. The van der Waals surface area contributed by atoms with Crippen molar-refractivity contribution in [2.45, 2.75) is 0 Å². The maximum absolute atomic E-state index is 2.47. The zero-order chi connectivity index (χ0) is 37.7. The van der Waals surface area contributed by atoms with Crippen LogP contribution in [-0.4, -0.2) is 4.57 Å². The number of aromatic nitrogens is 1. The molecule has 0 atom stereocenters. The fraction of sp³-hybridized carbons (Fsp3) is 0. The molecule has 0 spiro atoms. The first kappa shape index (κ1) is 33.2. The van der Waals surface area contributed by atoms with Crippen molar-refractivity contribution < 1.29 is 0 Å². The number of hydrogen-bond acceptors (Lipinski definition) is 2. The van der Waals surface area contributed by atoms with Crippen LogP contribution in [0.4, 0.5) is 17.1 Å². The Labute approximate surface area is 335 Å². The molecule has 0 aliphatic carbocycles.